The van der Waals surface area contributed by atoms with Gasteiger partial charge in [-0.25, -0.2) is 4.98 Å². The van der Waals surface area contributed by atoms with Crippen LogP contribution in [0.2, 0.25) is 0 Å². The van der Waals surface area contributed by atoms with Crippen molar-refractivity contribution in [2.45, 2.75) is 38.2 Å². The van der Waals surface area contributed by atoms with E-state index in [0.717, 1.165) is 38.0 Å². The summed E-state index contributed by atoms with van der Waals surface area (Å²) in [6.45, 7) is 4.58. The van der Waals surface area contributed by atoms with Crippen molar-refractivity contribution in [3.63, 3.8) is 0 Å². The van der Waals surface area contributed by atoms with Crippen molar-refractivity contribution in [2.75, 3.05) is 26.3 Å². The Morgan fingerprint density at radius 1 is 1.37 bits per heavy atom. The first-order valence-electron chi connectivity index (χ1n) is 9.57. The number of carbonyl (C=O) groups excluding carboxylic acids is 1. The number of ether oxygens (including phenoxy) is 2. The third-order valence-corrected chi connectivity index (χ3v) is 5.69. The molecule has 4 heterocycles. The van der Waals surface area contributed by atoms with Crippen LogP contribution in [-0.2, 0) is 4.74 Å². The molecular formula is C20H25N3O4. The summed E-state index contributed by atoms with van der Waals surface area (Å²) in [7, 11) is 0. The lowest BCUT2D eigenvalue weighted by molar-refractivity contribution is -0.0652. The molecule has 1 spiro atoms. The van der Waals surface area contributed by atoms with E-state index >= 15 is 0 Å². The third kappa shape index (κ3) is 3.83. The quantitative estimate of drug-likeness (QED) is 0.804. The molecule has 27 heavy (non-hydrogen) atoms. The number of hydrogen-bond donors (Lipinski definition) is 0. The van der Waals surface area contributed by atoms with E-state index in [0.29, 0.717) is 37.3 Å². The molecule has 1 amide bonds. The van der Waals surface area contributed by atoms with Crippen molar-refractivity contribution in [3.05, 3.63) is 41.9 Å². The predicted molar refractivity (Wildman–Crippen MR) is 97.5 cm³/mol. The number of carbonyl (C=O) groups is 1. The summed E-state index contributed by atoms with van der Waals surface area (Å²) in [5, 5.41) is 3.81. The Balaban J connectivity index is 1.31. The molecule has 2 aromatic rings. The molecule has 2 aliphatic rings. The summed E-state index contributed by atoms with van der Waals surface area (Å²) in [6.07, 6.45) is 5.41. The number of likely N-dealkylation sites (tertiary alicyclic amines) is 1. The second kappa shape index (κ2) is 7.68. The number of hydrogen-bond acceptors (Lipinski definition) is 6. The van der Waals surface area contributed by atoms with Crippen molar-refractivity contribution < 1.29 is 18.8 Å². The summed E-state index contributed by atoms with van der Waals surface area (Å²) in [5.74, 6) is 1.34. The predicted octanol–water partition coefficient (Wildman–Crippen LogP) is 2.86. The van der Waals surface area contributed by atoms with E-state index < -0.39 is 0 Å². The van der Waals surface area contributed by atoms with E-state index in [1.54, 1.807) is 12.3 Å². The van der Waals surface area contributed by atoms with Crippen LogP contribution in [-0.4, -0.2) is 52.9 Å². The van der Waals surface area contributed by atoms with Gasteiger partial charge < -0.3 is 18.9 Å². The van der Waals surface area contributed by atoms with Gasteiger partial charge in [-0.2, -0.15) is 0 Å². The van der Waals surface area contributed by atoms with Gasteiger partial charge in [0.2, 0.25) is 11.6 Å². The maximum absolute atomic E-state index is 12.6. The molecule has 0 saturated carbocycles. The summed E-state index contributed by atoms with van der Waals surface area (Å²) >= 11 is 0. The molecule has 0 aromatic carbocycles. The van der Waals surface area contributed by atoms with E-state index in [1.165, 1.54) is 0 Å². The van der Waals surface area contributed by atoms with Gasteiger partial charge in [-0.1, -0.05) is 11.2 Å². The second-order valence-electron chi connectivity index (χ2n) is 7.33. The van der Waals surface area contributed by atoms with Crippen molar-refractivity contribution in [3.8, 4) is 5.88 Å². The standard InChI is InChI=1S/C20H25N3O4/c1-15-14-17(27-22-15)19(24)23-10-7-20(8-11-23)16(6-13-26-20)5-12-25-18-4-2-3-9-21-18/h2-4,9,14,16H,5-8,10-13H2,1H3/t16-/m1/s1. The minimum absolute atomic E-state index is 0.0847. The summed E-state index contributed by atoms with van der Waals surface area (Å²) in [4.78, 5) is 18.6. The molecule has 2 saturated heterocycles. The molecule has 2 fully saturated rings. The van der Waals surface area contributed by atoms with Crippen LogP contribution in [0.1, 0.15) is 41.9 Å². The number of piperidine rings is 1. The Morgan fingerprint density at radius 2 is 2.22 bits per heavy atom. The van der Waals surface area contributed by atoms with E-state index in [4.69, 9.17) is 14.0 Å². The molecule has 1 atom stereocenters. The van der Waals surface area contributed by atoms with Crippen LogP contribution >= 0.6 is 0 Å². The molecule has 0 radical (unpaired) electrons. The first-order chi connectivity index (χ1) is 13.2. The van der Waals surface area contributed by atoms with Crippen molar-refractivity contribution in [1.82, 2.24) is 15.0 Å². The van der Waals surface area contributed by atoms with Crippen LogP contribution in [0.3, 0.4) is 0 Å². The van der Waals surface area contributed by atoms with Crippen LogP contribution in [0.5, 0.6) is 5.88 Å². The lowest BCUT2D eigenvalue weighted by Gasteiger charge is -2.42. The lowest BCUT2D eigenvalue weighted by Crippen LogP contribution is -2.49. The van der Waals surface area contributed by atoms with Gasteiger partial charge in [-0.15, -0.1) is 0 Å². The van der Waals surface area contributed by atoms with Gasteiger partial charge in [-0.05, 0) is 44.6 Å². The van der Waals surface area contributed by atoms with Gasteiger partial charge in [-0.3, -0.25) is 4.79 Å². The van der Waals surface area contributed by atoms with Crippen LogP contribution in [0, 0.1) is 12.8 Å². The zero-order valence-corrected chi connectivity index (χ0v) is 15.6. The Bertz CT molecular complexity index is 769. The third-order valence-electron chi connectivity index (χ3n) is 5.69. The molecule has 2 aliphatic heterocycles. The maximum atomic E-state index is 12.6. The average molecular weight is 371 g/mol. The SMILES string of the molecule is Cc1cc(C(=O)N2CCC3(CC2)OCC[C@H]3CCOc2ccccn2)on1. The minimum atomic E-state index is -0.137. The highest BCUT2D eigenvalue weighted by molar-refractivity contribution is 5.91. The first kappa shape index (κ1) is 18.0. The molecule has 0 aliphatic carbocycles. The zero-order valence-electron chi connectivity index (χ0n) is 15.6. The number of amides is 1. The fraction of sp³-hybridized carbons (Fsp3) is 0.550. The number of aromatic nitrogens is 2. The summed E-state index contributed by atoms with van der Waals surface area (Å²) in [5.41, 5.74) is 0.584. The van der Waals surface area contributed by atoms with Gasteiger partial charge in [0.25, 0.3) is 5.91 Å². The van der Waals surface area contributed by atoms with Crippen molar-refractivity contribution in [2.24, 2.45) is 5.92 Å². The monoisotopic (exact) mass is 371 g/mol. The second-order valence-corrected chi connectivity index (χ2v) is 7.33. The lowest BCUT2D eigenvalue weighted by atomic mass is 9.78. The Kier molecular flexibility index (Phi) is 5.11. The fourth-order valence-corrected chi connectivity index (χ4v) is 4.19. The van der Waals surface area contributed by atoms with Crippen molar-refractivity contribution >= 4 is 5.91 Å². The molecule has 4 rings (SSSR count). The Hall–Kier alpha value is -2.41. The highest BCUT2D eigenvalue weighted by Crippen LogP contribution is 2.42. The number of aryl methyl sites for hydroxylation is 1. The van der Waals surface area contributed by atoms with Gasteiger partial charge >= 0.3 is 0 Å². The molecule has 0 N–H and O–H groups in total. The smallest absolute Gasteiger partial charge is 0.292 e. The van der Waals surface area contributed by atoms with Crippen LogP contribution in [0.25, 0.3) is 0 Å². The fourth-order valence-electron chi connectivity index (χ4n) is 4.19. The highest BCUT2D eigenvalue weighted by Gasteiger charge is 2.46. The molecular weight excluding hydrogens is 346 g/mol. The van der Waals surface area contributed by atoms with E-state index in [1.807, 2.05) is 30.0 Å². The van der Waals surface area contributed by atoms with Gasteiger partial charge in [0.05, 0.1) is 17.9 Å². The number of pyridine rings is 1. The number of nitrogens with zero attached hydrogens (tertiary/aromatic N) is 3. The van der Waals surface area contributed by atoms with Gasteiger partial charge in [0, 0.05) is 38.0 Å². The van der Waals surface area contributed by atoms with Crippen LogP contribution in [0.15, 0.2) is 35.0 Å². The van der Waals surface area contributed by atoms with Crippen molar-refractivity contribution in [1.29, 1.82) is 0 Å². The van der Waals surface area contributed by atoms with Crippen LogP contribution in [0.4, 0.5) is 0 Å². The largest absolute Gasteiger partial charge is 0.478 e. The van der Waals surface area contributed by atoms with Gasteiger partial charge in [0.1, 0.15) is 0 Å². The van der Waals surface area contributed by atoms with E-state index in [2.05, 4.69) is 10.1 Å². The topological polar surface area (TPSA) is 77.7 Å². The molecule has 0 bridgehead atoms. The minimum Gasteiger partial charge on any atom is -0.478 e. The Morgan fingerprint density at radius 3 is 2.93 bits per heavy atom. The normalized spacial score (nSPS) is 21.5. The molecule has 0 unspecified atom stereocenters. The Labute approximate surface area is 158 Å². The summed E-state index contributed by atoms with van der Waals surface area (Å²) < 4.78 is 17.1. The van der Waals surface area contributed by atoms with E-state index in [9.17, 15) is 4.79 Å². The number of rotatable bonds is 5. The zero-order chi connectivity index (χ0) is 18.7. The van der Waals surface area contributed by atoms with Gasteiger partial charge in [0.15, 0.2) is 0 Å². The summed E-state index contributed by atoms with van der Waals surface area (Å²) in [6, 6.07) is 7.36. The van der Waals surface area contributed by atoms with Crippen LogP contribution < -0.4 is 4.74 Å². The highest BCUT2D eigenvalue weighted by atomic mass is 16.5. The average Bonchev–Trinajstić information content (AvgIpc) is 3.30. The first-order valence-corrected chi connectivity index (χ1v) is 9.57. The molecule has 7 heteroatoms. The molecule has 144 valence electrons. The van der Waals surface area contributed by atoms with E-state index in [-0.39, 0.29) is 11.5 Å². The molecule has 7 nitrogen and oxygen atoms in total. The maximum Gasteiger partial charge on any atom is 0.292 e. The molecule has 2 aromatic heterocycles.